The number of amides is 1. The van der Waals surface area contributed by atoms with E-state index in [1.54, 1.807) is 12.1 Å². The predicted molar refractivity (Wildman–Crippen MR) is 111 cm³/mol. The third-order valence-electron chi connectivity index (χ3n) is 3.92. The Bertz CT molecular complexity index is 1250. The van der Waals surface area contributed by atoms with Gasteiger partial charge in [0.15, 0.2) is 0 Å². The number of carbonyl (C=O) groups excluding carboxylic acids is 1. The molecule has 9 nitrogen and oxygen atoms in total. The van der Waals surface area contributed by atoms with Crippen molar-refractivity contribution in [2.24, 2.45) is 0 Å². The summed E-state index contributed by atoms with van der Waals surface area (Å²) in [6.45, 7) is 0. The third-order valence-corrected chi connectivity index (χ3v) is 5.54. The van der Waals surface area contributed by atoms with Crippen LogP contribution in [0.15, 0.2) is 71.6 Å². The van der Waals surface area contributed by atoms with E-state index in [9.17, 15) is 28.4 Å². The molecule has 0 bridgehead atoms. The number of sulfonamides is 1. The van der Waals surface area contributed by atoms with Crippen LogP contribution >= 0.6 is 11.6 Å². The number of halogens is 1. The number of carbonyl (C=O) groups is 1. The Hall–Kier alpha value is -3.63. The molecule has 0 atom stereocenters. The number of non-ortho nitro benzene ring substituents is 1. The van der Waals surface area contributed by atoms with Crippen molar-refractivity contribution < 1.29 is 23.2 Å². The normalized spacial score (nSPS) is 11.0. The Balaban J connectivity index is 1.87. The van der Waals surface area contributed by atoms with E-state index in [1.165, 1.54) is 30.3 Å². The first-order chi connectivity index (χ1) is 14.2. The SMILES string of the molecule is O=C(Nc1cc(S(=O)(=O)Nc2cccc(Cl)c2)ccc1O)c1cccc([N+](=O)[O-])c1. The Morgan fingerprint density at radius 2 is 1.77 bits per heavy atom. The average Bonchev–Trinajstić information content (AvgIpc) is 2.69. The predicted octanol–water partition coefficient (Wildman–Crippen LogP) is 4.01. The minimum absolute atomic E-state index is 0.0334. The van der Waals surface area contributed by atoms with Crippen LogP contribution in [-0.4, -0.2) is 24.4 Å². The van der Waals surface area contributed by atoms with Gasteiger partial charge in [-0.3, -0.25) is 19.6 Å². The third kappa shape index (κ3) is 4.85. The standard InChI is InChI=1S/C19H14ClN3O6S/c20-13-4-2-5-14(10-13)22-30(28,29)16-7-8-18(24)17(11-16)21-19(25)12-3-1-6-15(9-12)23(26)27/h1-11,22,24H,(H,21,25). The topological polar surface area (TPSA) is 139 Å². The molecule has 3 rings (SSSR count). The van der Waals surface area contributed by atoms with Crippen molar-refractivity contribution in [3.05, 3.63) is 87.4 Å². The number of anilines is 2. The second-order valence-electron chi connectivity index (χ2n) is 6.06. The summed E-state index contributed by atoms with van der Waals surface area (Å²) in [6, 6.07) is 14.4. The maximum atomic E-state index is 12.6. The lowest BCUT2D eigenvalue weighted by molar-refractivity contribution is -0.384. The lowest BCUT2D eigenvalue weighted by Crippen LogP contribution is -2.15. The molecule has 0 unspecified atom stereocenters. The van der Waals surface area contributed by atoms with Crippen molar-refractivity contribution in [2.75, 3.05) is 10.0 Å². The molecule has 0 aliphatic carbocycles. The molecule has 3 aromatic rings. The van der Waals surface area contributed by atoms with Crippen LogP contribution in [0.1, 0.15) is 10.4 Å². The molecule has 0 heterocycles. The maximum Gasteiger partial charge on any atom is 0.270 e. The van der Waals surface area contributed by atoms with E-state index < -0.39 is 20.9 Å². The highest BCUT2D eigenvalue weighted by molar-refractivity contribution is 7.92. The number of hydrogen-bond donors (Lipinski definition) is 3. The van der Waals surface area contributed by atoms with Gasteiger partial charge in [0.05, 0.1) is 21.2 Å². The van der Waals surface area contributed by atoms with Crippen molar-refractivity contribution in [1.29, 1.82) is 0 Å². The summed E-state index contributed by atoms with van der Waals surface area (Å²) in [5.74, 6) is -1.14. The molecule has 0 aromatic heterocycles. The van der Waals surface area contributed by atoms with Crippen LogP contribution in [0.25, 0.3) is 0 Å². The number of phenolic OH excluding ortho intramolecular Hbond substituents is 1. The second kappa shape index (κ2) is 8.39. The minimum atomic E-state index is -4.05. The fraction of sp³-hybridized carbons (Fsp3) is 0. The molecule has 154 valence electrons. The fourth-order valence-electron chi connectivity index (χ4n) is 2.50. The van der Waals surface area contributed by atoms with Gasteiger partial charge in [-0.1, -0.05) is 23.7 Å². The van der Waals surface area contributed by atoms with E-state index in [2.05, 4.69) is 10.0 Å². The van der Waals surface area contributed by atoms with Crippen LogP contribution in [0.3, 0.4) is 0 Å². The average molecular weight is 448 g/mol. The van der Waals surface area contributed by atoms with Gasteiger partial charge in [-0.05, 0) is 42.5 Å². The molecule has 30 heavy (non-hydrogen) atoms. The molecule has 0 spiro atoms. The molecule has 0 aliphatic heterocycles. The Morgan fingerprint density at radius 1 is 1.03 bits per heavy atom. The number of nitro groups is 1. The molecule has 0 aliphatic rings. The molecule has 11 heteroatoms. The number of hydrogen-bond acceptors (Lipinski definition) is 6. The Kier molecular flexibility index (Phi) is 5.90. The van der Waals surface area contributed by atoms with Crippen LogP contribution in [0.5, 0.6) is 5.75 Å². The van der Waals surface area contributed by atoms with Crippen LogP contribution in [-0.2, 0) is 10.0 Å². The summed E-state index contributed by atoms with van der Waals surface area (Å²) in [5, 5.41) is 23.6. The summed E-state index contributed by atoms with van der Waals surface area (Å²) in [7, 11) is -4.05. The van der Waals surface area contributed by atoms with Crippen LogP contribution in [0.4, 0.5) is 17.1 Å². The quantitative estimate of drug-likeness (QED) is 0.296. The zero-order valence-electron chi connectivity index (χ0n) is 15.1. The van der Waals surface area contributed by atoms with Gasteiger partial charge in [0.1, 0.15) is 5.75 Å². The van der Waals surface area contributed by atoms with E-state index in [4.69, 9.17) is 11.6 Å². The number of aromatic hydroxyl groups is 1. The van der Waals surface area contributed by atoms with Crippen LogP contribution in [0.2, 0.25) is 5.02 Å². The number of nitrogens with one attached hydrogen (secondary N) is 2. The van der Waals surface area contributed by atoms with Crippen molar-refractivity contribution >= 4 is 44.6 Å². The molecule has 0 saturated heterocycles. The highest BCUT2D eigenvalue weighted by Crippen LogP contribution is 2.28. The largest absolute Gasteiger partial charge is 0.506 e. The van der Waals surface area contributed by atoms with E-state index in [0.717, 1.165) is 24.3 Å². The molecule has 1 amide bonds. The smallest absolute Gasteiger partial charge is 0.270 e. The van der Waals surface area contributed by atoms with E-state index >= 15 is 0 Å². The number of nitro benzene ring substituents is 1. The highest BCUT2D eigenvalue weighted by Gasteiger charge is 2.19. The molecule has 0 radical (unpaired) electrons. The molecular formula is C19H14ClN3O6S. The van der Waals surface area contributed by atoms with Gasteiger partial charge >= 0.3 is 0 Å². The summed E-state index contributed by atoms with van der Waals surface area (Å²) in [6.07, 6.45) is 0. The summed E-state index contributed by atoms with van der Waals surface area (Å²) in [4.78, 5) is 22.4. The van der Waals surface area contributed by atoms with Crippen molar-refractivity contribution in [1.82, 2.24) is 0 Å². The summed E-state index contributed by atoms with van der Waals surface area (Å²) >= 11 is 5.85. The summed E-state index contributed by atoms with van der Waals surface area (Å²) in [5.41, 5.74) is -0.263. The number of nitrogens with zero attached hydrogens (tertiary/aromatic N) is 1. The highest BCUT2D eigenvalue weighted by atomic mass is 35.5. The van der Waals surface area contributed by atoms with E-state index in [-0.39, 0.29) is 33.3 Å². The number of benzene rings is 3. The fourth-order valence-corrected chi connectivity index (χ4v) is 3.77. The van der Waals surface area contributed by atoms with Gasteiger partial charge in [0.25, 0.3) is 21.6 Å². The van der Waals surface area contributed by atoms with Gasteiger partial charge in [0.2, 0.25) is 0 Å². The Morgan fingerprint density at radius 3 is 2.47 bits per heavy atom. The van der Waals surface area contributed by atoms with Gasteiger partial charge < -0.3 is 10.4 Å². The van der Waals surface area contributed by atoms with Crippen LogP contribution in [0, 0.1) is 10.1 Å². The van der Waals surface area contributed by atoms with Crippen LogP contribution < -0.4 is 10.0 Å². The molecule has 3 aromatic carbocycles. The first-order valence-electron chi connectivity index (χ1n) is 8.33. The zero-order valence-corrected chi connectivity index (χ0v) is 16.6. The first kappa shape index (κ1) is 21.1. The number of rotatable bonds is 6. The summed E-state index contributed by atoms with van der Waals surface area (Å²) < 4.78 is 27.6. The van der Waals surface area contributed by atoms with E-state index in [0.29, 0.717) is 5.02 Å². The monoisotopic (exact) mass is 447 g/mol. The van der Waals surface area contributed by atoms with Gasteiger partial charge in [-0.25, -0.2) is 8.42 Å². The lowest BCUT2D eigenvalue weighted by Gasteiger charge is -2.12. The van der Waals surface area contributed by atoms with Gasteiger partial charge in [-0.15, -0.1) is 0 Å². The Labute approximate surface area is 176 Å². The lowest BCUT2D eigenvalue weighted by atomic mass is 10.2. The van der Waals surface area contributed by atoms with Crippen molar-refractivity contribution in [2.45, 2.75) is 4.90 Å². The molecular weight excluding hydrogens is 434 g/mol. The van der Waals surface area contributed by atoms with Crippen molar-refractivity contribution in [3.8, 4) is 5.75 Å². The van der Waals surface area contributed by atoms with Crippen molar-refractivity contribution in [3.63, 3.8) is 0 Å². The molecule has 0 fully saturated rings. The minimum Gasteiger partial charge on any atom is -0.506 e. The molecule has 0 saturated carbocycles. The molecule has 3 N–H and O–H groups in total. The second-order valence-corrected chi connectivity index (χ2v) is 8.18. The maximum absolute atomic E-state index is 12.6. The van der Waals surface area contributed by atoms with Gasteiger partial charge in [0, 0.05) is 22.7 Å². The van der Waals surface area contributed by atoms with Gasteiger partial charge in [-0.2, -0.15) is 0 Å². The zero-order chi connectivity index (χ0) is 21.9. The number of phenols is 1. The first-order valence-corrected chi connectivity index (χ1v) is 10.2. The van der Waals surface area contributed by atoms with E-state index in [1.807, 2.05) is 0 Å².